The summed E-state index contributed by atoms with van der Waals surface area (Å²) in [5.41, 5.74) is 0.346. The van der Waals surface area contributed by atoms with Gasteiger partial charge in [-0.05, 0) is 12.1 Å². The molecule has 0 aliphatic heterocycles. The number of halogens is 1. The average molecular weight is 208 g/mol. The van der Waals surface area contributed by atoms with Crippen molar-refractivity contribution in [3.05, 3.63) is 29.8 Å². The first kappa shape index (κ1) is 9.71. The van der Waals surface area contributed by atoms with E-state index in [0.29, 0.717) is 11.0 Å². The maximum atomic E-state index is 13.3. The molecule has 0 aliphatic carbocycles. The molecule has 0 bridgehead atoms. The van der Waals surface area contributed by atoms with Crippen LogP contribution in [0.2, 0.25) is 0 Å². The van der Waals surface area contributed by atoms with E-state index in [1.54, 1.807) is 6.07 Å². The number of furan rings is 1. The molecule has 0 saturated heterocycles. The van der Waals surface area contributed by atoms with Crippen LogP contribution >= 0.6 is 0 Å². The number of benzene rings is 1. The Balaban J connectivity index is 2.66. The highest BCUT2D eigenvalue weighted by atomic mass is 19.1. The van der Waals surface area contributed by atoms with E-state index in [2.05, 4.69) is 0 Å². The number of hydrogen-bond donors (Lipinski definition) is 0. The first-order valence-electron chi connectivity index (χ1n) is 4.40. The zero-order valence-electron chi connectivity index (χ0n) is 8.33. The van der Waals surface area contributed by atoms with E-state index in [4.69, 9.17) is 9.15 Å². The molecular formula is C11H9FO3. The number of fused-ring (bicyclic) bond motifs is 1. The predicted molar refractivity (Wildman–Crippen MR) is 52.7 cm³/mol. The Bertz CT molecular complexity index is 528. The SMILES string of the molecule is COc1cc2cc(C(C)=O)oc2cc1F. The quantitative estimate of drug-likeness (QED) is 0.712. The van der Waals surface area contributed by atoms with Crippen LogP contribution in [0, 0.1) is 5.82 Å². The lowest BCUT2D eigenvalue weighted by Gasteiger charge is -1.99. The number of Topliss-reactive ketones (excluding diaryl/α,β-unsaturated/α-hetero) is 1. The standard InChI is InChI=1S/C11H9FO3/c1-6(13)9-3-7-4-11(14-2)8(12)5-10(7)15-9/h3-5H,1-2H3. The molecule has 0 unspecified atom stereocenters. The fraction of sp³-hybridized carbons (Fsp3) is 0.182. The fourth-order valence-corrected chi connectivity index (χ4v) is 1.37. The molecule has 1 heterocycles. The first-order valence-corrected chi connectivity index (χ1v) is 4.40. The van der Waals surface area contributed by atoms with Gasteiger partial charge in [-0.3, -0.25) is 4.79 Å². The number of hydrogen-bond acceptors (Lipinski definition) is 3. The largest absolute Gasteiger partial charge is 0.494 e. The second-order valence-electron chi connectivity index (χ2n) is 3.19. The summed E-state index contributed by atoms with van der Waals surface area (Å²) in [5.74, 6) is -0.337. The summed E-state index contributed by atoms with van der Waals surface area (Å²) in [6.45, 7) is 1.39. The van der Waals surface area contributed by atoms with Crippen molar-refractivity contribution in [2.75, 3.05) is 7.11 Å². The first-order chi connectivity index (χ1) is 7.11. The summed E-state index contributed by atoms with van der Waals surface area (Å²) in [4.78, 5) is 11.0. The molecule has 2 rings (SSSR count). The smallest absolute Gasteiger partial charge is 0.194 e. The maximum absolute atomic E-state index is 13.3. The van der Waals surface area contributed by atoms with Gasteiger partial charge in [0.15, 0.2) is 23.1 Å². The summed E-state index contributed by atoms with van der Waals surface area (Å²) in [6, 6.07) is 4.28. The summed E-state index contributed by atoms with van der Waals surface area (Å²) in [7, 11) is 1.39. The van der Waals surface area contributed by atoms with Crippen LogP contribution in [0.1, 0.15) is 17.5 Å². The Labute approximate surface area is 85.4 Å². The molecule has 0 radical (unpaired) electrons. The number of rotatable bonds is 2. The Morgan fingerprint density at radius 2 is 2.13 bits per heavy atom. The van der Waals surface area contributed by atoms with E-state index in [-0.39, 0.29) is 17.3 Å². The van der Waals surface area contributed by atoms with E-state index in [0.717, 1.165) is 0 Å². The highest BCUT2D eigenvalue weighted by Gasteiger charge is 2.11. The molecule has 0 atom stereocenters. The zero-order valence-corrected chi connectivity index (χ0v) is 8.33. The van der Waals surface area contributed by atoms with Crippen LogP contribution in [-0.2, 0) is 0 Å². The van der Waals surface area contributed by atoms with Crippen LogP contribution in [0.3, 0.4) is 0 Å². The van der Waals surface area contributed by atoms with Gasteiger partial charge < -0.3 is 9.15 Å². The van der Waals surface area contributed by atoms with Crippen molar-refractivity contribution in [3.8, 4) is 5.75 Å². The van der Waals surface area contributed by atoms with E-state index in [1.165, 1.54) is 26.2 Å². The van der Waals surface area contributed by atoms with Crippen molar-refractivity contribution in [1.82, 2.24) is 0 Å². The van der Waals surface area contributed by atoms with Gasteiger partial charge in [-0.15, -0.1) is 0 Å². The van der Waals surface area contributed by atoms with Crippen molar-refractivity contribution < 1.29 is 18.3 Å². The van der Waals surface area contributed by atoms with Crippen LogP contribution < -0.4 is 4.74 Å². The van der Waals surface area contributed by atoms with Crippen LogP contribution in [0.25, 0.3) is 11.0 Å². The highest BCUT2D eigenvalue weighted by Crippen LogP contribution is 2.27. The molecule has 1 aromatic heterocycles. The number of methoxy groups -OCH3 is 1. The van der Waals surface area contributed by atoms with Gasteiger partial charge in [-0.25, -0.2) is 4.39 Å². The normalized spacial score (nSPS) is 10.6. The summed E-state index contributed by atoms with van der Waals surface area (Å²) in [6.07, 6.45) is 0. The Morgan fingerprint density at radius 3 is 2.73 bits per heavy atom. The Morgan fingerprint density at radius 1 is 1.40 bits per heavy atom. The molecule has 78 valence electrons. The topological polar surface area (TPSA) is 39.4 Å². The molecule has 1 aromatic carbocycles. The van der Waals surface area contributed by atoms with Gasteiger partial charge in [0, 0.05) is 18.4 Å². The maximum Gasteiger partial charge on any atom is 0.194 e. The third kappa shape index (κ3) is 1.58. The minimum absolute atomic E-state index is 0.137. The lowest BCUT2D eigenvalue weighted by atomic mass is 10.2. The minimum Gasteiger partial charge on any atom is -0.494 e. The van der Waals surface area contributed by atoms with Crippen molar-refractivity contribution >= 4 is 16.8 Å². The lowest BCUT2D eigenvalue weighted by molar-refractivity contribution is 0.0989. The molecule has 0 spiro atoms. The molecule has 0 saturated carbocycles. The van der Waals surface area contributed by atoms with Crippen LogP contribution in [0.4, 0.5) is 4.39 Å². The van der Waals surface area contributed by atoms with Gasteiger partial charge in [0.25, 0.3) is 0 Å². The molecular weight excluding hydrogens is 199 g/mol. The van der Waals surface area contributed by atoms with Crippen molar-refractivity contribution in [2.45, 2.75) is 6.92 Å². The third-order valence-electron chi connectivity index (χ3n) is 2.14. The monoisotopic (exact) mass is 208 g/mol. The molecule has 0 N–H and O–H groups in total. The van der Waals surface area contributed by atoms with Crippen molar-refractivity contribution in [2.24, 2.45) is 0 Å². The second-order valence-corrected chi connectivity index (χ2v) is 3.19. The average Bonchev–Trinajstić information content (AvgIpc) is 2.59. The van der Waals surface area contributed by atoms with Gasteiger partial charge in [0.2, 0.25) is 0 Å². The molecule has 0 fully saturated rings. The van der Waals surface area contributed by atoms with Gasteiger partial charge in [-0.2, -0.15) is 0 Å². The fourth-order valence-electron chi connectivity index (χ4n) is 1.37. The van der Waals surface area contributed by atoms with E-state index < -0.39 is 5.82 Å². The molecule has 2 aromatic rings. The Kier molecular flexibility index (Phi) is 2.19. The molecule has 0 aliphatic rings. The summed E-state index contributed by atoms with van der Waals surface area (Å²) >= 11 is 0. The van der Waals surface area contributed by atoms with E-state index in [1.807, 2.05) is 0 Å². The minimum atomic E-state index is -0.505. The highest BCUT2D eigenvalue weighted by molar-refractivity contribution is 5.96. The van der Waals surface area contributed by atoms with Crippen molar-refractivity contribution in [1.29, 1.82) is 0 Å². The van der Waals surface area contributed by atoms with Gasteiger partial charge in [-0.1, -0.05) is 0 Å². The number of ketones is 1. The molecule has 3 nitrogen and oxygen atoms in total. The van der Waals surface area contributed by atoms with Crippen LogP contribution in [0.5, 0.6) is 5.75 Å². The van der Waals surface area contributed by atoms with E-state index in [9.17, 15) is 9.18 Å². The van der Waals surface area contributed by atoms with Gasteiger partial charge in [0.05, 0.1) is 7.11 Å². The molecule has 4 heteroatoms. The van der Waals surface area contributed by atoms with Crippen LogP contribution in [0.15, 0.2) is 22.6 Å². The van der Waals surface area contributed by atoms with Crippen molar-refractivity contribution in [3.63, 3.8) is 0 Å². The summed E-state index contributed by atoms with van der Waals surface area (Å²) < 4.78 is 23.2. The number of carbonyl (C=O) groups excluding carboxylic acids is 1. The molecule has 0 amide bonds. The number of ether oxygens (including phenoxy) is 1. The zero-order chi connectivity index (χ0) is 11.0. The van der Waals surface area contributed by atoms with Gasteiger partial charge >= 0.3 is 0 Å². The van der Waals surface area contributed by atoms with E-state index >= 15 is 0 Å². The summed E-state index contributed by atoms with van der Waals surface area (Å²) in [5, 5.41) is 0.651. The Hall–Kier alpha value is -1.84. The third-order valence-corrected chi connectivity index (χ3v) is 2.14. The second kappa shape index (κ2) is 3.38. The predicted octanol–water partition coefficient (Wildman–Crippen LogP) is 2.78. The number of carbonyl (C=O) groups is 1. The molecule has 15 heavy (non-hydrogen) atoms. The van der Waals surface area contributed by atoms with Gasteiger partial charge in [0.1, 0.15) is 5.58 Å². The lowest BCUT2D eigenvalue weighted by Crippen LogP contribution is -1.86. The van der Waals surface area contributed by atoms with Crippen LogP contribution in [-0.4, -0.2) is 12.9 Å².